The number of amides is 1. The van der Waals surface area contributed by atoms with Gasteiger partial charge in [-0.3, -0.25) is 4.79 Å². The van der Waals surface area contributed by atoms with Crippen molar-refractivity contribution in [1.82, 2.24) is 15.0 Å². The predicted molar refractivity (Wildman–Crippen MR) is 104 cm³/mol. The molecule has 8 heteroatoms. The van der Waals surface area contributed by atoms with Gasteiger partial charge in [0.05, 0.1) is 0 Å². The molecule has 1 N–H and O–H groups in total. The van der Waals surface area contributed by atoms with E-state index in [2.05, 4.69) is 20.3 Å². The molecule has 0 aliphatic carbocycles. The van der Waals surface area contributed by atoms with Gasteiger partial charge in [0.2, 0.25) is 0 Å². The van der Waals surface area contributed by atoms with Crippen molar-refractivity contribution in [3.8, 4) is 22.3 Å². The Bertz CT molecular complexity index is 1080. The molecular weight excluding hydrogens is 379 g/mol. The minimum atomic E-state index is -0.329. The summed E-state index contributed by atoms with van der Waals surface area (Å²) in [6.07, 6.45) is 3.18. The third-order valence-corrected chi connectivity index (χ3v) is 4.58. The van der Waals surface area contributed by atoms with Gasteiger partial charge in [0, 0.05) is 29.0 Å². The van der Waals surface area contributed by atoms with Crippen LogP contribution in [0.3, 0.4) is 0 Å². The summed E-state index contributed by atoms with van der Waals surface area (Å²) in [4.78, 5) is 24.7. The molecule has 0 bridgehead atoms. The summed E-state index contributed by atoms with van der Waals surface area (Å²) in [6.45, 7) is 0. The maximum absolute atomic E-state index is 13.0. The van der Waals surface area contributed by atoms with Gasteiger partial charge in [0.15, 0.2) is 0 Å². The van der Waals surface area contributed by atoms with E-state index in [-0.39, 0.29) is 17.7 Å². The van der Waals surface area contributed by atoms with Crippen LogP contribution in [0.4, 0.5) is 10.1 Å². The number of hydrogen-bond donors (Lipinski definition) is 1. The third-order valence-electron chi connectivity index (χ3n) is 3.69. The first-order valence-electron chi connectivity index (χ1n) is 8.25. The number of nitrogens with one attached hydrogen (secondary N) is 1. The molecule has 0 aliphatic heterocycles. The quantitative estimate of drug-likeness (QED) is 0.529. The minimum absolute atomic E-state index is 0.245. The van der Waals surface area contributed by atoms with Gasteiger partial charge in [0.1, 0.15) is 22.3 Å². The first-order valence-corrected chi connectivity index (χ1v) is 9.13. The van der Waals surface area contributed by atoms with E-state index in [4.69, 9.17) is 4.74 Å². The molecule has 0 unspecified atom stereocenters. The number of carbonyl (C=O) groups excluding carboxylic acids is 1. The van der Waals surface area contributed by atoms with Crippen molar-refractivity contribution in [1.29, 1.82) is 0 Å². The highest BCUT2D eigenvalue weighted by Crippen LogP contribution is 2.25. The van der Waals surface area contributed by atoms with Crippen LogP contribution in [0.2, 0.25) is 0 Å². The van der Waals surface area contributed by atoms with E-state index in [9.17, 15) is 9.18 Å². The number of ether oxygens (including phenoxy) is 1. The maximum Gasteiger partial charge on any atom is 0.321 e. The second-order valence-electron chi connectivity index (χ2n) is 5.66. The molecule has 4 rings (SSSR count). The molecule has 0 saturated heterocycles. The fourth-order valence-corrected chi connectivity index (χ4v) is 3.15. The highest BCUT2D eigenvalue weighted by Gasteiger charge is 2.12. The summed E-state index contributed by atoms with van der Waals surface area (Å²) < 4.78 is 18.5. The highest BCUT2D eigenvalue weighted by atomic mass is 32.1. The third kappa shape index (κ3) is 4.18. The topological polar surface area (TPSA) is 77.0 Å². The molecule has 2 aromatic heterocycles. The lowest BCUT2D eigenvalue weighted by Crippen LogP contribution is -2.12. The van der Waals surface area contributed by atoms with E-state index >= 15 is 0 Å². The Kier molecular flexibility index (Phi) is 5.03. The van der Waals surface area contributed by atoms with Crippen molar-refractivity contribution in [2.24, 2.45) is 0 Å². The fourth-order valence-electron chi connectivity index (χ4n) is 2.35. The van der Waals surface area contributed by atoms with Crippen molar-refractivity contribution in [3.05, 3.63) is 83.9 Å². The molecule has 0 atom stereocenters. The molecule has 0 aliphatic rings. The zero-order chi connectivity index (χ0) is 19.3. The van der Waals surface area contributed by atoms with Crippen molar-refractivity contribution in [2.75, 3.05) is 5.32 Å². The van der Waals surface area contributed by atoms with Crippen LogP contribution in [0.25, 0.3) is 10.6 Å². The smallest absolute Gasteiger partial charge is 0.321 e. The van der Waals surface area contributed by atoms with E-state index in [0.29, 0.717) is 22.1 Å². The van der Waals surface area contributed by atoms with Crippen LogP contribution in [-0.2, 0) is 0 Å². The van der Waals surface area contributed by atoms with Crippen LogP contribution in [0.15, 0.2) is 72.4 Å². The summed E-state index contributed by atoms with van der Waals surface area (Å²) in [5.41, 5.74) is 1.65. The normalized spacial score (nSPS) is 10.5. The molecule has 6 nitrogen and oxygen atoms in total. The largest absolute Gasteiger partial charge is 0.424 e. The van der Waals surface area contributed by atoms with Crippen LogP contribution >= 0.6 is 11.3 Å². The fraction of sp³-hybridized carbons (Fsp3) is 0. The number of benzene rings is 2. The number of nitrogens with zero attached hydrogens (tertiary/aromatic N) is 3. The van der Waals surface area contributed by atoms with Crippen molar-refractivity contribution in [3.63, 3.8) is 0 Å². The molecule has 28 heavy (non-hydrogen) atoms. The average molecular weight is 392 g/mol. The number of hydrogen-bond acceptors (Lipinski definition) is 6. The van der Waals surface area contributed by atoms with Gasteiger partial charge in [0.25, 0.3) is 5.91 Å². The van der Waals surface area contributed by atoms with Crippen molar-refractivity contribution < 1.29 is 13.9 Å². The highest BCUT2D eigenvalue weighted by molar-refractivity contribution is 7.13. The van der Waals surface area contributed by atoms with Crippen LogP contribution < -0.4 is 10.1 Å². The molecule has 1 amide bonds. The second-order valence-corrected chi connectivity index (χ2v) is 6.51. The minimum Gasteiger partial charge on any atom is -0.424 e. The van der Waals surface area contributed by atoms with Crippen LogP contribution in [0.1, 0.15) is 10.5 Å². The van der Waals surface area contributed by atoms with Gasteiger partial charge in [-0.05, 0) is 54.6 Å². The van der Waals surface area contributed by atoms with Gasteiger partial charge < -0.3 is 10.1 Å². The first-order chi connectivity index (χ1) is 13.7. The summed E-state index contributed by atoms with van der Waals surface area (Å²) in [5, 5.41) is 5.10. The summed E-state index contributed by atoms with van der Waals surface area (Å²) in [7, 11) is 0. The monoisotopic (exact) mass is 392 g/mol. The lowest BCUT2D eigenvalue weighted by atomic mass is 10.2. The molecule has 4 aromatic rings. The Morgan fingerprint density at radius 1 is 1.00 bits per heavy atom. The molecule has 138 valence electrons. The van der Waals surface area contributed by atoms with Crippen LogP contribution in [0.5, 0.6) is 11.8 Å². The lowest BCUT2D eigenvalue weighted by Gasteiger charge is -2.06. The van der Waals surface area contributed by atoms with Crippen LogP contribution in [-0.4, -0.2) is 20.9 Å². The summed E-state index contributed by atoms with van der Waals surface area (Å²) in [6, 6.07) is 14.8. The van der Waals surface area contributed by atoms with E-state index < -0.39 is 0 Å². The van der Waals surface area contributed by atoms with Gasteiger partial charge in [-0.2, -0.15) is 0 Å². The first kappa shape index (κ1) is 17.7. The molecule has 0 radical (unpaired) electrons. The number of halogens is 1. The Balaban J connectivity index is 1.41. The number of rotatable bonds is 5. The van der Waals surface area contributed by atoms with Crippen LogP contribution in [0, 0.1) is 5.82 Å². The van der Waals surface area contributed by atoms with Gasteiger partial charge in [-0.1, -0.05) is 0 Å². The van der Waals surface area contributed by atoms with E-state index in [1.54, 1.807) is 60.2 Å². The molecule has 0 spiro atoms. The number of aromatic nitrogens is 3. The predicted octanol–water partition coefficient (Wildman–Crippen LogP) is 4.78. The molecule has 2 heterocycles. The SMILES string of the molecule is O=C(Nc1ccc(Oc2ncccn2)cc1)c1csc(-c2ccc(F)cc2)n1. The van der Waals surface area contributed by atoms with Gasteiger partial charge >= 0.3 is 6.01 Å². The van der Waals surface area contributed by atoms with E-state index in [1.165, 1.54) is 23.5 Å². The van der Waals surface area contributed by atoms with E-state index in [1.807, 2.05) is 0 Å². The lowest BCUT2D eigenvalue weighted by molar-refractivity contribution is 0.102. The molecule has 0 fully saturated rings. The molecule has 2 aromatic carbocycles. The number of anilines is 1. The maximum atomic E-state index is 13.0. The Hall–Kier alpha value is -3.65. The zero-order valence-electron chi connectivity index (χ0n) is 14.4. The standard InChI is InChI=1S/C20H13FN4O2S/c21-14-4-2-13(3-5-14)19-25-17(12-28-19)18(26)24-15-6-8-16(9-7-15)27-20-22-10-1-11-23-20/h1-12H,(H,24,26). The average Bonchev–Trinajstić information content (AvgIpc) is 3.21. The molecular formula is C20H13FN4O2S. The Morgan fingerprint density at radius 2 is 1.71 bits per heavy atom. The Labute approximate surface area is 163 Å². The summed E-state index contributed by atoms with van der Waals surface area (Å²) >= 11 is 1.32. The summed E-state index contributed by atoms with van der Waals surface area (Å²) in [5.74, 6) is -0.0920. The van der Waals surface area contributed by atoms with Crippen molar-refractivity contribution in [2.45, 2.75) is 0 Å². The number of carbonyl (C=O) groups is 1. The van der Waals surface area contributed by atoms with Crippen molar-refractivity contribution >= 4 is 22.9 Å². The number of thiazole rings is 1. The second kappa shape index (κ2) is 7.93. The van der Waals surface area contributed by atoms with Gasteiger partial charge in [-0.15, -0.1) is 11.3 Å². The van der Waals surface area contributed by atoms with Gasteiger partial charge in [-0.25, -0.2) is 19.3 Å². The van der Waals surface area contributed by atoms with E-state index in [0.717, 1.165) is 5.56 Å². The zero-order valence-corrected chi connectivity index (χ0v) is 15.2. The molecule has 0 saturated carbocycles. The Morgan fingerprint density at radius 3 is 2.43 bits per heavy atom.